The number of aromatic nitrogens is 2. The Hall–Kier alpha value is -4.33. The second-order valence-electron chi connectivity index (χ2n) is 12.3. The van der Waals surface area contributed by atoms with Crippen LogP contribution in [0.5, 0.6) is 0 Å². The van der Waals surface area contributed by atoms with Crippen molar-refractivity contribution in [2.75, 3.05) is 7.05 Å². The lowest BCUT2D eigenvalue weighted by atomic mass is 9.93. The van der Waals surface area contributed by atoms with Gasteiger partial charge in [0.2, 0.25) is 5.91 Å². The summed E-state index contributed by atoms with van der Waals surface area (Å²) in [5.41, 5.74) is 3.71. The molecule has 11 nitrogen and oxygen atoms in total. The van der Waals surface area contributed by atoms with Crippen LogP contribution in [0.2, 0.25) is 0 Å². The van der Waals surface area contributed by atoms with Crippen molar-refractivity contribution >= 4 is 40.7 Å². The summed E-state index contributed by atoms with van der Waals surface area (Å²) in [5.74, 6) is -2.61. The molecule has 13 heteroatoms. The Morgan fingerprint density at radius 3 is 2.26 bits per heavy atom. The lowest BCUT2D eigenvalue weighted by Crippen LogP contribution is -2.55. The molecule has 268 valence electrons. The molecule has 50 heavy (non-hydrogen) atoms. The van der Waals surface area contributed by atoms with Crippen LogP contribution >= 0.6 is 22.7 Å². The highest BCUT2D eigenvalue weighted by Gasteiger charge is 2.31. The SMILES string of the molecule is [2H]C([2H])([2H])C(c1nc(CN(C)C(=O)N[C@H](C(=O)N[C@H](Cc2ccccc2)C[C@@H](O)[C@@H](Cc2ccccc2)NC(=O)OCc2cncs2)C(C)C)cs1)C([2H])([2H])[2H]. The third-order valence-electron chi connectivity index (χ3n) is 7.88. The molecule has 0 unspecified atom stereocenters. The third kappa shape index (κ3) is 12.2. The number of rotatable bonds is 17. The van der Waals surface area contributed by atoms with Crippen LogP contribution in [0.3, 0.4) is 0 Å². The average molecular weight is 727 g/mol. The standard InChI is InChI=1S/C37H48N6O5S2/c1-24(2)33(42-36(46)43(5)20-29-22-49-35(40-29)25(3)4)34(45)39-28(16-26-12-8-6-9-13-26)18-32(44)31(17-27-14-10-7-11-15-27)41-37(47)48-21-30-19-38-23-50-30/h6-15,19,22-25,28,31-33,44H,16-18,20-21H2,1-5H3,(H,39,45)(H,41,47)(H,42,46)/t28-,31-,32-,33+/m1/s1/i3D3,4D3. The summed E-state index contributed by atoms with van der Waals surface area (Å²) in [5, 5.41) is 21.7. The highest BCUT2D eigenvalue weighted by molar-refractivity contribution is 7.09. The molecular formula is C37H48N6O5S2. The van der Waals surface area contributed by atoms with E-state index in [-0.39, 0.29) is 36.9 Å². The summed E-state index contributed by atoms with van der Waals surface area (Å²) in [4.78, 5) is 50.5. The molecular weight excluding hydrogens is 673 g/mol. The second kappa shape index (κ2) is 19.2. The number of amides is 4. The molecule has 4 rings (SSSR count). The van der Waals surface area contributed by atoms with E-state index in [2.05, 4.69) is 25.9 Å². The number of ether oxygens (including phenoxy) is 1. The predicted octanol–water partition coefficient (Wildman–Crippen LogP) is 5.91. The number of carbonyl (C=O) groups is 3. The quantitative estimate of drug-likeness (QED) is 0.106. The van der Waals surface area contributed by atoms with Crippen LogP contribution < -0.4 is 16.0 Å². The van der Waals surface area contributed by atoms with E-state index in [0.29, 0.717) is 12.1 Å². The number of aliphatic hydroxyl groups excluding tert-OH is 1. The molecule has 4 N–H and O–H groups in total. The molecule has 0 bridgehead atoms. The number of carbonyl (C=O) groups excluding carboxylic acids is 3. The molecule has 0 aliphatic rings. The van der Waals surface area contributed by atoms with Gasteiger partial charge in [-0.05, 0) is 36.3 Å². The van der Waals surface area contributed by atoms with Crippen LogP contribution in [-0.2, 0) is 35.5 Å². The molecule has 2 aromatic heterocycles. The minimum absolute atomic E-state index is 0.0232. The van der Waals surface area contributed by atoms with Gasteiger partial charge < -0.3 is 30.7 Å². The van der Waals surface area contributed by atoms with Gasteiger partial charge in [-0.3, -0.25) is 9.78 Å². The van der Waals surface area contributed by atoms with Gasteiger partial charge in [0.25, 0.3) is 0 Å². The van der Waals surface area contributed by atoms with E-state index in [1.165, 1.54) is 28.7 Å². The van der Waals surface area contributed by atoms with Crippen LogP contribution in [-0.4, -0.2) is 69.3 Å². The molecule has 4 atom stereocenters. The van der Waals surface area contributed by atoms with Gasteiger partial charge in [-0.25, -0.2) is 14.6 Å². The molecule has 2 heterocycles. The highest BCUT2D eigenvalue weighted by Crippen LogP contribution is 2.20. The number of benzene rings is 2. The Kier molecular flexibility index (Phi) is 11.7. The van der Waals surface area contributed by atoms with Gasteiger partial charge in [-0.15, -0.1) is 22.7 Å². The zero-order chi connectivity index (χ0) is 41.0. The smallest absolute Gasteiger partial charge is 0.407 e. The minimum atomic E-state index is -2.80. The maximum absolute atomic E-state index is 13.9. The Morgan fingerprint density at radius 2 is 1.64 bits per heavy atom. The molecule has 4 aromatic rings. The van der Waals surface area contributed by atoms with E-state index in [9.17, 15) is 19.5 Å². The van der Waals surface area contributed by atoms with Crippen molar-refractivity contribution in [3.63, 3.8) is 0 Å². The molecule has 4 amide bonds. The van der Waals surface area contributed by atoms with Gasteiger partial charge in [0.15, 0.2) is 0 Å². The van der Waals surface area contributed by atoms with Crippen molar-refractivity contribution in [3.8, 4) is 0 Å². The second-order valence-corrected chi connectivity index (χ2v) is 14.2. The molecule has 2 aromatic carbocycles. The van der Waals surface area contributed by atoms with E-state index in [1.54, 1.807) is 25.6 Å². The van der Waals surface area contributed by atoms with E-state index in [1.807, 2.05) is 60.7 Å². The number of nitrogens with zero attached hydrogens (tertiary/aromatic N) is 3. The van der Waals surface area contributed by atoms with Crippen molar-refractivity contribution in [1.29, 1.82) is 0 Å². The van der Waals surface area contributed by atoms with Crippen LogP contribution in [0.15, 0.2) is 77.8 Å². The summed E-state index contributed by atoms with van der Waals surface area (Å²) in [6.45, 7) is -2.10. The number of alkyl carbamates (subject to hydrolysis) is 1. The number of thiazole rings is 2. The third-order valence-corrected chi connectivity index (χ3v) is 9.59. The Balaban J connectivity index is 1.47. The lowest BCUT2D eigenvalue weighted by molar-refractivity contribution is -0.124. The molecule has 0 fully saturated rings. The first-order chi connectivity index (χ1) is 26.4. The first-order valence-electron chi connectivity index (χ1n) is 19.2. The number of nitrogens with one attached hydrogen (secondary N) is 3. The van der Waals surface area contributed by atoms with Gasteiger partial charge in [0.1, 0.15) is 12.6 Å². The van der Waals surface area contributed by atoms with Crippen molar-refractivity contribution in [1.82, 2.24) is 30.8 Å². The molecule has 0 aliphatic heterocycles. The van der Waals surface area contributed by atoms with Crippen LogP contribution in [0.1, 0.15) is 74.8 Å². The first kappa shape index (κ1) is 30.5. The van der Waals surface area contributed by atoms with Crippen molar-refractivity contribution in [2.24, 2.45) is 5.92 Å². The van der Waals surface area contributed by atoms with Crippen LogP contribution in [0.4, 0.5) is 9.59 Å². The van der Waals surface area contributed by atoms with Gasteiger partial charge in [0.05, 0.1) is 39.8 Å². The summed E-state index contributed by atoms with van der Waals surface area (Å²) in [7, 11) is 1.48. The fourth-order valence-corrected chi connectivity index (χ4v) is 6.45. The average Bonchev–Trinajstić information content (AvgIpc) is 3.81. The van der Waals surface area contributed by atoms with Gasteiger partial charge in [-0.2, -0.15) is 0 Å². The lowest BCUT2D eigenvalue weighted by Gasteiger charge is -2.30. The van der Waals surface area contributed by atoms with Gasteiger partial charge >= 0.3 is 12.1 Å². The number of urea groups is 1. The Labute approximate surface area is 310 Å². The molecule has 0 spiro atoms. The maximum atomic E-state index is 13.9. The fourth-order valence-electron chi connectivity index (χ4n) is 5.25. The van der Waals surface area contributed by atoms with Crippen molar-refractivity contribution in [3.05, 3.63) is 104 Å². The van der Waals surface area contributed by atoms with E-state index in [0.717, 1.165) is 27.3 Å². The van der Waals surface area contributed by atoms with Crippen molar-refractivity contribution in [2.45, 2.75) is 90.1 Å². The minimum Gasteiger partial charge on any atom is -0.444 e. The summed E-state index contributed by atoms with van der Waals surface area (Å²) >= 11 is 2.25. The van der Waals surface area contributed by atoms with Crippen molar-refractivity contribution < 1.29 is 32.5 Å². The Bertz CT molecular complexity index is 1820. The molecule has 0 saturated carbocycles. The molecule has 0 saturated heterocycles. The number of hydrogen-bond acceptors (Lipinski definition) is 9. The van der Waals surface area contributed by atoms with Gasteiger partial charge in [-0.1, -0.05) is 88.2 Å². The zero-order valence-electron chi connectivity index (χ0n) is 34.2. The maximum Gasteiger partial charge on any atom is 0.407 e. The topological polar surface area (TPSA) is 146 Å². The molecule has 0 radical (unpaired) electrons. The number of aliphatic hydroxyl groups is 1. The summed E-state index contributed by atoms with van der Waals surface area (Å²) < 4.78 is 51.8. The van der Waals surface area contributed by atoms with E-state index >= 15 is 0 Å². The normalized spacial score (nSPS) is 16.0. The van der Waals surface area contributed by atoms with E-state index in [4.69, 9.17) is 13.0 Å². The predicted molar refractivity (Wildman–Crippen MR) is 197 cm³/mol. The van der Waals surface area contributed by atoms with Gasteiger partial charge in [0, 0.05) is 38.8 Å². The Morgan fingerprint density at radius 1 is 0.960 bits per heavy atom. The first-order valence-corrected chi connectivity index (χ1v) is 18.0. The van der Waals surface area contributed by atoms with E-state index < -0.39 is 61.9 Å². The summed E-state index contributed by atoms with van der Waals surface area (Å²) in [6.07, 6.45) is 0.444. The highest BCUT2D eigenvalue weighted by atomic mass is 32.1. The van der Waals surface area contributed by atoms with Crippen LogP contribution in [0, 0.1) is 5.92 Å². The molecule has 0 aliphatic carbocycles. The zero-order valence-corrected chi connectivity index (χ0v) is 29.9. The van der Waals surface area contributed by atoms with Crippen LogP contribution in [0.25, 0.3) is 0 Å². The monoisotopic (exact) mass is 726 g/mol. The fraction of sp³-hybridized carbons (Fsp3) is 0.432. The summed E-state index contributed by atoms with van der Waals surface area (Å²) in [6, 6.07) is 15.8. The number of hydrogen-bond donors (Lipinski definition) is 4. The largest absolute Gasteiger partial charge is 0.444 e.